The van der Waals surface area contributed by atoms with Crippen molar-refractivity contribution in [1.29, 1.82) is 0 Å². The highest BCUT2D eigenvalue weighted by Gasteiger charge is 2.60. The molecule has 1 aromatic rings. The maximum absolute atomic E-state index is 13.7. The maximum atomic E-state index is 13.7. The Balaban J connectivity index is 2.29. The number of benzene rings is 1. The molecule has 1 fully saturated rings. The molecule has 3 rings (SSSR count). The summed E-state index contributed by atoms with van der Waals surface area (Å²) in [6.45, 7) is 0. The summed E-state index contributed by atoms with van der Waals surface area (Å²) in [5, 5.41) is 13.8. The number of hydrogen-bond acceptors (Lipinski definition) is 2. The summed E-state index contributed by atoms with van der Waals surface area (Å²) >= 11 is 5.73. The normalized spacial score (nSPS) is 23.7. The smallest absolute Gasteiger partial charge is 0.427 e. The molecule has 0 bridgehead atoms. The second-order valence-corrected chi connectivity index (χ2v) is 5.60. The number of anilines is 1. The van der Waals surface area contributed by atoms with E-state index in [0.29, 0.717) is 0 Å². The fourth-order valence-corrected chi connectivity index (χ4v) is 2.41. The number of aromatic hydroxyl groups is 1. The first-order valence-corrected chi connectivity index (χ1v) is 6.83. The van der Waals surface area contributed by atoms with Gasteiger partial charge in [0.15, 0.2) is 0 Å². The number of hydrogen-bond donors (Lipinski definition) is 3. The van der Waals surface area contributed by atoms with Gasteiger partial charge in [-0.05, 0) is 25.0 Å². The molecule has 0 radical (unpaired) electrons. The van der Waals surface area contributed by atoms with Crippen LogP contribution in [0.1, 0.15) is 18.4 Å². The van der Waals surface area contributed by atoms with Crippen molar-refractivity contribution in [2.24, 2.45) is 5.92 Å². The van der Waals surface area contributed by atoms with Crippen LogP contribution in [0.2, 0.25) is 5.02 Å². The molecule has 4 nitrogen and oxygen atoms in total. The Kier molecular flexibility index (Phi) is 3.18. The number of urea groups is 1. The van der Waals surface area contributed by atoms with Gasteiger partial charge in [0.2, 0.25) is 5.54 Å². The van der Waals surface area contributed by atoms with E-state index in [9.17, 15) is 23.1 Å². The predicted molar refractivity (Wildman–Crippen MR) is 73.5 cm³/mol. The summed E-state index contributed by atoms with van der Waals surface area (Å²) in [6, 6.07) is 1.36. The monoisotopic (exact) mass is 330 g/mol. The van der Waals surface area contributed by atoms with Gasteiger partial charge in [-0.1, -0.05) is 23.4 Å². The number of alkyl halides is 3. The minimum Gasteiger partial charge on any atom is -0.506 e. The van der Waals surface area contributed by atoms with Crippen molar-refractivity contribution in [3.63, 3.8) is 0 Å². The fraction of sp³-hybridized carbons (Fsp3) is 0.357. The molecule has 1 unspecified atom stereocenters. The Bertz CT molecular complexity index is 719. The molecule has 0 spiro atoms. The Morgan fingerprint density at radius 2 is 2.05 bits per heavy atom. The Morgan fingerprint density at radius 3 is 2.64 bits per heavy atom. The van der Waals surface area contributed by atoms with Gasteiger partial charge >= 0.3 is 12.2 Å². The highest BCUT2D eigenvalue weighted by Crippen LogP contribution is 2.49. The van der Waals surface area contributed by atoms with Crippen molar-refractivity contribution in [3.05, 3.63) is 22.7 Å². The van der Waals surface area contributed by atoms with E-state index in [1.807, 2.05) is 5.32 Å². The van der Waals surface area contributed by atoms with Crippen molar-refractivity contribution in [3.8, 4) is 17.6 Å². The molecule has 0 aromatic heterocycles. The molecule has 8 heteroatoms. The van der Waals surface area contributed by atoms with Crippen molar-refractivity contribution in [1.82, 2.24) is 5.32 Å². The average Bonchev–Trinajstić information content (AvgIpc) is 3.23. The lowest BCUT2D eigenvalue weighted by atomic mass is 9.85. The second-order valence-electron chi connectivity index (χ2n) is 5.19. The van der Waals surface area contributed by atoms with E-state index in [0.717, 1.165) is 12.8 Å². The summed E-state index contributed by atoms with van der Waals surface area (Å²) in [4.78, 5) is 11.6. The zero-order valence-corrected chi connectivity index (χ0v) is 11.8. The van der Waals surface area contributed by atoms with E-state index in [1.165, 1.54) is 12.1 Å². The highest BCUT2D eigenvalue weighted by molar-refractivity contribution is 6.32. The number of carbonyl (C=O) groups excluding carboxylic acids is 1. The van der Waals surface area contributed by atoms with Crippen molar-refractivity contribution in [2.75, 3.05) is 5.32 Å². The van der Waals surface area contributed by atoms with E-state index < -0.39 is 29.1 Å². The molecule has 0 saturated heterocycles. The van der Waals surface area contributed by atoms with E-state index in [-0.39, 0.29) is 16.6 Å². The van der Waals surface area contributed by atoms with Crippen molar-refractivity contribution >= 4 is 23.3 Å². The lowest BCUT2D eigenvalue weighted by molar-refractivity contribution is -0.179. The Labute approximate surface area is 128 Å². The highest BCUT2D eigenvalue weighted by atomic mass is 35.5. The zero-order valence-electron chi connectivity index (χ0n) is 11.0. The third-order valence-electron chi connectivity index (χ3n) is 3.52. The van der Waals surface area contributed by atoms with Crippen LogP contribution in [-0.4, -0.2) is 17.3 Å². The number of phenols is 1. The minimum absolute atomic E-state index is 0.115. The van der Waals surface area contributed by atoms with Gasteiger partial charge in [-0.2, -0.15) is 13.2 Å². The fourth-order valence-electron chi connectivity index (χ4n) is 2.25. The zero-order chi connectivity index (χ0) is 16.1. The number of rotatable bonds is 0. The average molecular weight is 331 g/mol. The molecule has 1 aliphatic carbocycles. The third kappa shape index (κ3) is 2.24. The number of fused-ring (bicyclic) bond motifs is 1. The summed E-state index contributed by atoms with van der Waals surface area (Å²) in [5.74, 6) is 3.77. The van der Waals surface area contributed by atoms with Gasteiger partial charge in [-0.15, -0.1) is 0 Å². The van der Waals surface area contributed by atoms with Gasteiger partial charge in [-0.3, -0.25) is 0 Å². The summed E-state index contributed by atoms with van der Waals surface area (Å²) in [5.41, 5.74) is -3.74. The summed E-state index contributed by atoms with van der Waals surface area (Å²) in [6.07, 6.45) is -3.48. The van der Waals surface area contributed by atoms with E-state index >= 15 is 0 Å². The molecule has 116 valence electrons. The predicted octanol–water partition coefficient (Wildman–Crippen LogP) is 3.35. The molecule has 1 heterocycles. The molecule has 1 saturated carbocycles. The van der Waals surface area contributed by atoms with Gasteiger partial charge in [-0.25, -0.2) is 4.79 Å². The molecule has 2 aliphatic rings. The van der Waals surface area contributed by atoms with Crippen LogP contribution in [-0.2, 0) is 5.54 Å². The number of amides is 2. The molecule has 3 N–H and O–H groups in total. The topological polar surface area (TPSA) is 61.4 Å². The molecular weight excluding hydrogens is 321 g/mol. The lowest BCUT2D eigenvalue weighted by Gasteiger charge is -2.37. The number of nitrogens with one attached hydrogen (secondary N) is 2. The largest absolute Gasteiger partial charge is 0.506 e. The van der Waals surface area contributed by atoms with E-state index in [4.69, 9.17) is 11.6 Å². The van der Waals surface area contributed by atoms with Crippen LogP contribution in [0.25, 0.3) is 0 Å². The molecule has 1 aliphatic heterocycles. The molecule has 22 heavy (non-hydrogen) atoms. The first-order chi connectivity index (χ1) is 10.2. The van der Waals surface area contributed by atoms with Gasteiger partial charge in [0, 0.05) is 5.92 Å². The Hall–Kier alpha value is -2.07. The number of phenolic OH excluding ortho intramolecular Hbond substituents is 1. The van der Waals surface area contributed by atoms with Crippen LogP contribution in [0, 0.1) is 17.8 Å². The van der Waals surface area contributed by atoms with Crippen LogP contribution < -0.4 is 10.6 Å². The van der Waals surface area contributed by atoms with E-state index in [2.05, 4.69) is 17.2 Å². The molecule has 1 atom stereocenters. The SMILES string of the molecule is O=C1Nc2ccc(Cl)c(O)c2C(C#CC2CC2)(C(F)(F)F)N1. The van der Waals surface area contributed by atoms with Crippen LogP contribution in [0.15, 0.2) is 12.1 Å². The van der Waals surface area contributed by atoms with Crippen molar-refractivity contribution < 1.29 is 23.1 Å². The first-order valence-electron chi connectivity index (χ1n) is 6.45. The van der Waals surface area contributed by atoms with Gasteiger partial charge < -0.3 is 15.7 Å². The van der Waals surface area contributed by atoms with Crippen LogP contribution in [0.5, 0.6) is 5.75 Å². The van der Waals surface area contributed by atoms with Gasteiger partial charge in [0.1, 0.15) is 5.75 Å². The van der Waals surface area contributed by atoms with E-state index in [1.54, 1.807) is 0 Å². The summed E-state index contributed by atoms with van der Waals surface area (Å²) < 4.78 is 41.2. The first kappa shape index (κ1) is 14.9. The molecule has 2 amide bonds. The minimum atomic E-state index is -4.93. The molecule has 1 aromatic carbocycles. The van der Waals surface area contributed by atoms with Gasteiger partial charge in [0.25, 0.3) is 0 Å². The second kappa shape index (κ2) is 4.71. The van der Waals surface area contributed by atoms with Gasteiger partial charge in [0.05, 0.1) is 16.3 Å². The number of carbonyl (C=O) groups is 1. The van der Waals surface area contributed by atoms with Crippen LogP contribution in [0.4, 0.5) is 23.7 Å². The third-order valence-corrected chi connectivity index (χ3v) is 3.82. The Morgan fingerprint density at radius 1 is 1.36 bits per heavy atom. The van der Waals surface area contributed by atoms with Crippen LogP contribution >= 0.6 is 11.6 Å². The summed E-state index contributed by atoms with van der Waals surface area (Å²) in [7, 11) is 0. The van der Waals surface area contributed by atoms with Crippen molar-refractivity contribution in [2.45, 2.75) is 24.6 Å². The number of halogens is 4. The standard InChI is InChI=1S/C14H10ClF3N2O2/c15-8-3-4-9-10(11(8)21)13(14(16,17)18,20-12(22)19-9)6-5-7-1-2-7/h3-4,7,21H,1-2H2,(H2,19,20,22). The van der Waals surface area contributed by atoms with Crippen LogP contribution in [0.3, 0.4) is 0 Å². The molecular formula is C14H10ClF3N2O2. The lowest BCUT2D eigenvalue weighted by Crippen LogP contribution is -2.59. The maximum Gasteiger partial charge on any atom is 0.427 e. The quantitative estimate of drug-likeness (QED) is 0.639.